The third-order valence-corrected chi connectivity index (χ3v) is 2.78. The summed E-state index contributed by atoms with van der Waals surface area (Å²) < 4.78 is 0. The number of nitrogens with two attached hydrogens (primary N) is 2. The summed E-state index contributed by atoms with van der Waals surface area (Å²) >= 11 is 0. The fraction of sp³-hybridized carbons (Fsp3) is 0.417. The number of nitrogens with zero attached hydrogens (tertiary/aromatic N) is 1. The maximum absolute atomic E-state index is 7.25. The molecule has 0 aliphatic carbocycles. The van der Waals surface area contributed by atoms with E-state index in [-0.39, 0.29) is 0 Å². The van der Waals surface area contributed by atoms with Crippen LogP contribution in [-0.2, 0) is 6.42 Å². The second-order valence-corrected chi connectivity index (χ2v) is 4.16. The van der Waals surface area contributed by atoms with Gasteiger partial charge in [0, 0.05) is 30.1 Å². The standard InChI is InChI=1S/C12H20N4/c1-16(2)11(8-14)6-9-3-4-12(15)10(5-9)7-13/h3-5,7,11,13H,6,8,14-15H2,1-2H3. The molecular formula is C12H20N4. The zero-order valence-electron chi connectivity index (χ0n) is 9.90. The van der Waals surface area contributed by atoms with Gasteiger partial charge in [-0.1, -0.05) is 6.07 Å². The molecule has 0 bridgehead atoms. The molecule has 4 nitrogen and oxygen atoms in total. The summed E-state index contributed by atoms with van der Waals surface area (Å²) in [5, 5.41) is 7.25. The number of hydrogen-bond donors (Lipinski definition) is 3. The molecule has 0 radical (unpaired) electrons. The highest BCUT2D eigenvalue weighted by atomic mass is 15.1. The number of benzene rings is 1. The predicted octanol–water partition coefficient (Wildman–Crippen LogP) is 0.698. The molecule has 0 aliphatic rings. The molecule has 5 N–H and O–H groups in total. The third kappa shape index (κ3) is 3.05. The van der Waals surface area contributed by atoms with E-state index in [0.29, 0.717) is 18.3 Å². The van der Waals surface area contributed by atoms with E-state index in [4.69, 9.17) is 16.9 Å². The zero-order valence-corrected chi connectivity index (χ0v) is 9.90. The summed E-state index contributed by atoms with van der Waals surface area (Å²) in [6, 6.07) is 6.12. The molecule has 1 rings (SSSR count). The van der Waals surface area contributed by atoms with Crippen LogP contribution in [0.15, 0.2) is 18.2 Å². The number of anilines is 1. The van der Waals surface area contributed by atoms with Crippen LogP contribution in [0.25, 0.3) is 0 Å². The van der Waals surface area contributed by atoms with Gasteiger partial charge in [0.05, 0.1) is 0 Å². The summed E-state index contributed by atoms with van der Waals surface area (Å²) in [6.45, 7) is 0.622. The van der Waals surface area contributed by atoms with E-state index >= 15 is 0 Å². The van der Waals surface area contributed by atoms with Crippen molar-refractivity contribution in [2.75, 3.05) is 26.4 Å². The summed E-state index contributed by atoms with van der Waals surface area (Å²) in [5.41, 5.74) is 14.0. The lowest BCUT2D eigenvalue weighted by Gasteiger charge is -2.22. The Hall–Kier alpha value is -1.39. The monoisotopic (exact) mass is 220 g/mol. The van der Waals surface area contributed by atoms with Gasteiger partial charge < -0.3 is 21.8 Å². The molecule has 0 fully saturated rings. The van der Waals surface area contributed by atoms with E-state index < -0.39 is 0 Å². The van der Waals surface area contributed by atoms with Crippen molar-refractivity contribution in [3.63, 3.8) is 0 Å². The highest BCUT2D eigenvalue weighted by Crippen LogP contribution is 2.14. The van der Waals surface area contributed by atoms with E-state index in [1.807, 2.05) is 32.3 Å². The van der Waals surface area contributed by atoms with Gasteiger partial charge in [0.15, 0.2) is 0 Å². The number of likely N-dealkylation sites (N-methyl/N-ethyl adjacent to an activating group) is 1. The molecule has 0 spiro atoms. The Labute approximate surface area is 96.7 Å². The largest absolute Gasteiger partial charge is 0.398 e. The van der Waals surface area contributed by atoms with Crippen LogP contribution >= 0.6 is 0 Å². The Morgan fingerprint density at radius 3 is 2.62 bits per heavy atom. The maximum Gasteiger partial charge on any atom is 0.0403 e. The van der Waals surface area contributed by atoms with Crippen molar-refractivity contribution < 1.29 is 0 Å². The first-order valence-electron chi connectivity index (χ1n) is 5.33. The first-order chi connectivity index (χ1) is 7.58. The molecule has 0 heterocycles. The van der Waals surface area contributed by atoms with Crippen molar-refractivity contribution in [3.05, 3.63) is 29.3 Å². The van der Waals surface area contributed by atoms with E-state index in [1.165, 1.54) is 6.21 Å². The van der Waals surface area contributed by atoms with Crippen LogP contribution in [-0.4, -0.2) is 37.8 Å². The smallest absolute Gasteiger partial charge is 0.0403 e. The maximum atomic E-state index is 7.25. The van der Waals surface area contributed by atoms with Crippen molar-refractivity contribution >= 4 is 11.9 Å². The average molecular weight is 220 g/mol. The van der Waals surface area contributed by atoms with Crippen LogP contribution in [0, 0.1) is 5.41 Å². The van der Waals surface area contributed by atoms with Crippen molar-refractivity contribution in [2.45, 2.75) is 12.5 Å². The Balaban J connectivity index is 2.84. The molecule has 0 amide bonds. The second-order valence-electron chi connectivity index (χ2n) is 4.16. The fourth-order valence-corrected chi connectivity index (χ4v) is 1.62. The Bertz CT molecular complexity index is 360. The molecule has 0 aromatic heterocycles. The fourth-order valence-electron chi connectivity index (χ4n) is 1.62. The summed E-state index contributed by atoms with van der Waals surface area (Å²) in [6.07, 6.45) is 2.16. The van der Waals surface area contributed by atoms with E-state index in [0.717, 1.165) is 17.5 Å². The van der Waals surface area contributed by atoms with Gasteiger partial charge in [0.2, 0.25) is 0 Å². The minimum absolute atomic E-state index is 0.321. The van der Waals surface area contributed by atoms with Crippen molar-refractivity contribution in [1.29, 1.82) is 5.41 Å². The number of rotatable bonds is 5. The first kappa shape index (κ1) is 12.7. The van der Waals surface area contributed by atoms with Crippen LogP contribution in [0.2, 0.25) is 0 Å². The molecule has 1 atom stereocenters. The highest BCUT2D eigenvalue weighted by molar-refractivity contribution is 5.85. The molecule has 1 unspecified atom stereocenters. The van der Waals surface area contributed by atoms with Gasteiger partial charge in [-0.05, 0) is 38.2 Å². The average Bonchev–Trinajstić information content (AvgIpc) is 2.27. The van der Waals surface area contributed by atoms with E-state index in [9.17, 15) is 0 Å². The molecule has 1 aromatic rings. The van der Waals surface area contributed by atoms with E-state index in [2.05, 4.69) is 4.90 Å². The van der Waals surface area contributed by atoms with Crippen LogP contribution in [0.4, 0.5) is 5.69 Å². The SMILES string of the molecule is CN(C)C(CN)Cc1ccc(N)c(C=N)c1. The molecule has 4 heteroatoms. The normalized spacial score (nSPS) is 12.8. The molecule has 88 valence electrons. The topological polar surface area (TPSA) is 79.1 Å². The van der Waals surface area contributed by atoms with Gasteiger partial charge in [0.1, 0.15) is 0 Å². The summed E-state index contributed by atoms with van der Waals surface area (Å²) in [4.78, 5) is 2.11. The van der Waals surface area contributed by atoms with Gasteiger partial charge in [-0.3, -0.25) is 0 Å². The molecule has 16 heavy (non-hydrogen) atoms. The van der Waals surface area contributed by atoms with Gasteiger partial charge >= 0.3 is 0 Å². The lowest BCUT2D eigenvalue weighted by Crippen LogP contribution is -2.36. The Kier molecular flexibility index (Phi) is 4.46. The van der Waals surface area contributed by atoms with Gasteiger partial charge in [0.25, 0.3) is 0 Å². The van der Waals surface area contributed by atoms with Crippen LogP contribution < -0.4 is 11.5 Å². The van der Waals surface area contributed by atoms with Gasteiger partial charge in [-0.2, -0.15) is 0 Å². The van der Waals surface area contributed by atoms with Crippen LogP contribution in [0.3, 0.4) is 0 Å². The van der Waals surface area contributed by atoms with Crippen molar-refractivity contribution in [2.24, 2.45) is 5.73 Å². The minimum Gasteiger partial charge on any atom is -0.398 e. The van der Waals surface area contributed by atoms with Gasteiger partial charge in [-0.15, -0.1) is 0 Å². The van der Waals surface area contributed by atoms with Crippen LogP contribution in [0.1, 0.15) is 11.1 Å². The van der Waals surface area contributed by atoms with Gasteiger partial charge in [-0.25, -0.2) is 0 Å². The molecule has 0 saturated carbocycles. The summed E-state index contributed by atoms with van der Waals surface area (Å²) in [5.74, 6) is 0. The highest BCUT2D eigenvalue weighted by Gasteiger charge is 2.10. The second kappa shape index (κ2) is 5.63. The van der Waals surface area contributed by atoms with Crippen molar-refractivity contribution in [1.82, 2.24) is 4.90 Å². The lowest BCUT2D eigenvalue weighted by atomic mass is 10.0. The third-order valence-electron chi connectivity index (χ3n) is 2.78. The predicted molar refractivity (Wildman–Crippen MR) is 69.0 cm³/mol. The lowest BCUT2D eigenvalue weighted by molar-refractivity contribution is 0.298. The Morgan fingerprint density at radius 1 is 1.44 bits per heavy atom. The van der Waals surface area contributed by atoms with Crippen molar-refractivity contribution in [3.8, 4) is 0 Å². The molecular weight excluding hydrogens is 200 g/mol. The Morgan fingerprint density at radius 2 is 2.12 bits per heavy atom. The number of nitrogens with one attached hydrogen (secondary N) is 1. The molecule has 1 aromatic carbocycles. The minimum atomic E-state index is 0.321. The first-order valence-corrected chi connectivity index (χ1v) is 5.33. The molecule has 0 aliphatic heterocycles. The zero-order chi connectivity index (χ0) is 12.1. The number of hydrogen-bond acceptors (Lipinski definition) is 4. The molecule has 0 saturated heterocycles. The van der Waals surface area contributed by atoms with Crippen LogP contribution in [0.5, 0.6) is 0 Å². The number of nitrogen functional groups attached to an aromatic ring is 1. The van der Waals surface area contributed by atoms with E-state index in [1.54, 1.807) is 0 Å². The quantitative estimate of drug-likeness (QED) is 0.505. The summed E-state index contributed by atoms with van der Waals surface area (Å²) in [7, 11) is 4.04.